The number of nitrogens with zero attached hydrogens (tertiary/aromatic N) is 3. The number of piperidine rings is 1. The number of thiazole rings is 1. The molecule has 0 aliphatic carbocycles. The molecule has 0 spiro atoms. The zero-order valence-electron chi connectivity index (χ0n) is 14.8. The lowest BCUT2D eigenvalue weighted by Crippen LogP contribution is -2.52. The van der Waals surface area contributed by atoms with Gasteiger partial charge in [-0.15, -0.1) is 11.3 Å². The zero-order chi connectivity index (χ0) is 16.8. The molecule has 1 aromatic heterocycles. The summed E-state index contributed by atoms with van der Waals surface area (Å²) in [4.78, 5) is 21.7. The van der Waals surface area contributed by atoms with Gasteiger partial charge in [0.2, 0.25) is 0 Å². The summed E-state index contributed by atoms with van der Waals surface area (Å²) in [6.07, 6.45) is 8.10. The van der Waals surface area contributed by atoms with Crippen LogP contribution in [0.15, 0.2) is 5.38 Å². The van der Waals surface area contributed by atoms with Crippen molar-refractivity contribution in [3.63, 3.8) is 0 Å². The molecule has 0 radical (unpaired) electrons. The summed E-state index contributed by atoms with van der Waals surface area (Å²) in [6.45, 7) is 7.16. The summed E-state index contributed by atoms with van der Waals surface area (Å²) in [6, 6.07) is 0.535. The molecule has 3 rings (SSSR count). The van der Waals surface area contributed by atoms with Crippen LogP contribution >= 0.6 is 11.3 Å². The lowest BCUT2D eigenvalue weighted by atomic mass is 10.0. The van der Waals surface area contributed by atoms with Gasteiger partial charge in [0.15, 0.2) is 0 Å². The van der Waals surface area contributed by atoms with Crippen LogP contribution in [0.3, 0.4) is 0 Å². The van der Waals surface area contributed by atoms with E-state index in [0.29, 0.717) is 6.04 Å². The number of amides is 2. The van der Waals surface area contributed by atoms with Crippen molar-refractivity contribution < 1.29 is 4.79 Å². The standard InChI is InChI=1S/C18H30N4OS/c1-15-14-24-17(20-15)8-6-9-19-18(23)22-12-3-2-7-16(22)13-21-10-4-5-11-21/h14,16H,2-13H2,1H3,(H,19,23)/t16-/m0/s1. The molecule has 0 aromatic carbocycles. The van der Waals surface area contributed by atoms with E-state index in [0.717, 1.165) is 51.0 Å². The van der Waals surface area contributed by atoms with E-state index in [1.807, 2.05) is 6.92 Å². The third-order valence-corrected chi connectivity index (χ3v) is 6.09. The van der Waals surface area contributed by atoms with Crippen molar-refractivity contribution in [2.45, 2.75) is 57.9 Å². The first-order chi connectivity index (χ1) is 11.7. The summed E-state index contributed by atoms with van der Waals surface area (Å²) >= 11 is 1.71. The van der Waals surface area contributed by atoms with Crippen molar-refractivity contribution in [1.82, 2.24) is 20.1 Å². The molecule has 2 aliphatic heterocycles. The lowest BCUT2D eigenvalue weighted by Gasteiger charge is -2.37. The fourth-order valence-electron chi connectivity index (χ4n) is 3.77. The Balaban J connectivity index is 1.41. The van der Waals surface area contributed by atoms with E-state index in [2.05, 4.69) is 25.5 Å². The fraction of sp³-hybridized carbons (Fsp3) is 0.778. The monoisotopic (exact) mass is 350 g/mol. The highest BCUT2D eigenvalue weighted by atomic mass is 32.1. The number of likely N-dealkylation sites (tertiary alicyclic amines) is 2. The molecule has 0 unspecified atom stereocenters. The van der Waals surface area contributed by atoms with Crippen molar-refractivity contribution >= 4 is 17.4 Å². The number of hydrogen-bond acceptors (Lipinski definition) is 4. The third-order valence-electron chi connectivity index (χ3n) is 5.07. The van der Waals surface area contributed by atoms with Gasteiger partial charge in [-0.25, -0.2) is 9.78 Å². The summed E-state index contributed by atoms with van der Waals surface area (Å²) in [7, 11) is 0. The summed E-state index contributed by atoms with van der Waals surface area (Å²) in [5.74, 6) is 0. The first-order valence-electron chi connectivity index (χ1n) is 9.40. The zero-order valence-corrected chi connectivity index (χ0v) is 15.6. The molecule has 2 amide bonds. The number of aryl methyl sites for hydroxylation is 2. The van der Waals surface area contributed by atoms with Gasteiger partial charge in [-0.05, 0) is 58.5 Å². The maximum atomic E-state index is 12.6. The van der Waals surface area contributed by atoms with E-state index in [9.17, 15) is 4.79 Å². The number of hydrogen-bond donors (Lipinski definition) is 1. The van der Waals surface area contributed by atoms with Crippen molar-refractivity contribution in [2.75, 3.05) is 32.7 Å². The maximum Gasteiger partial charge on any atom is 0.317 e. The molecule has 1 atom stereocenters. The minimum absolute atomic E-state index is 0.134. The average Bonchev–Trinajstić information content (AvgIpc) is 3.24. The van der Waals surface area contributed by atoms with Crippen LogP contribution in [0.25, 0.3) is 0 Å². The number of urea groups is 1. The number of carbonyl (C=O) groups is 1. The molecule has 134 valence electrons. The molecule has 1 aromatic rings. The van der Waals surface area contributed by atoms with E-state index in [1.54, 1.807) is 11.3 Å². The molecule has 3 heterocycles. The molecule has 5 nitrogen and oxygen atoms in total. The van der Waals surface area contributed by atoms with Gasteiger partial charge >= 0.3 is 6.03 Å². The Morgan fingerprint density at radius 2 is 2.08 bits per heavy atom. The quantitative estimate of drug-likeness (QED) is 0.802. The number of carbonyl (C=O) groups excluding carboxylic acids is 1. The van der Waals surface area contributed by atoms with Crippen LogP contribution in [0.5, 0.6) is 0 Å². The maximum absolute atomic E-state index is 12.6. The number of nitrogens with one attached hydrogen (secondary N) is 1. The smallest absolute Gasteiger partial charge is 0.317 e. The van der Waals surface area contributed by atoms with E-state index in [4.69, 9.17) is 0 Å². The molecule has 6 heteroatoms. The second-order valence-electron chi connectivity index (χ2n) is 7.07. The van der Waals surface area contributed by atoms with Gasteiger partial charge in [0.05, 0.1) is 5.01 Å². The van der Waals surface area contributed by atoms with Crippen LogP contribution in [-0.4, -0.2) is 59.6 Å². The second kappa shape index (κ2) is 8.81. The van der Waals surface area contributed by atoms with Gasteiger partial charge in [-0.2, -0.15) is 0 Å². The fourth-order valence-corrected chi connectivity index (χ4v) is 4.59. The minimum atomic E-state index is 0.134. The first-order valence-corrected chi connectivity index (χ1v) is 10.3. The molecule has 0 saturated carbocycles. The predicted octanol–water partition coefficient (Wildman–Crippen LogP) is 3.04. The Bertz CT molecular complexity index is 527. The SMILES string of the molecule is Cc1csc(CCCNC(=O)N2CCCC[C@H]2CN2CCCC2)n1. The van der Waals surface area contributed by atoms with E-state index in [1.165, 1.54) is 37.4 Å². The first kappa shape index (κ1) is 17.7. The summed E-state index contributed by atoms with van der Waals surface area (Å²) in [5.41, 5.74) is 1.09. The van der Waals surface area contributed by atoms with E-state index < -0.39 is 0 Å². The average molecular weight is 351 g/mol. The second-order valence-corrected chi connectivity index (χ2v) is 8.01. The molecule has 24 heavy (non-hydrogen) atoms. The van der Waals surface area contributed by atoms with Gasteiger partial charge in [-0.3, -0.25) is 0 Å². The van der Waals surface area contributed by atoms with Crippen molar-refractivity contribution in [2.24, 2.45) is 0 Å². The van der Waals surface area contributed by atoms with E-state index in [-0.39, 0.29) is 6.03 Å². The highest BCUT2D eigenvalue weighted by Crippen LogP contribution is 2.20. The van der Waals surface area contributed by atoms with Gasteiger partial charge < -0.3 is 15.1 Å². The highest BCUT2D eigenvalue weighted by molar-refractivity contribution is 7.09. The lowest BCUT2D eigenvalue weighted by molar-refractivity contribution is 0.127. The van der Waals surface area contributed by atoms with Crippen LogP contribution in [0.4, 0.5) is 4.79 Å². The van der Waals surface area contributed by atoms with Gasteiger partial charge in [-0.1, -0.05) is 0 Å². The molecular formula is C18H30N4OS. The molecule has 2 aliphatic rings. The molecule has 1 N–H and O–H groups in total. The van der Waals surface area contributed by atoms with Crippen LogP contribution in [0.1, 0.15) is 49.2 Å². The molecule has 0 bridgehead atoms. The van der Waals surface area contributed by atoms with Crippen LogP contribution in [0.2, 0.25) is 0 Å². The normalized spacial score (nSPS) is 22.0. The molecular weight excluding hydrogens is 320 g/mol. The Morgan fingerprint density at radius 3 is 2.83 bits per heavy atom. The Labute approximate surface area is 149 Å². The van der Waals surface area contributed by atoms with Crippen LogP contribution < -0.4 is 5.32 Å². The van der Waals surface area contributed by atoms with Crippen molar-refractivity contribution in [3.8, 4) is 0 Å². The predicted molar refractivity (Wildman–Crippen MR) is 98.6 cm³/mol. The Morgan fingerprint density at radius 1 is 1.29 bits per heavy atom. The summed E-state index contributed by atoms with van der Waals surface area (Å²) in [5, 5.41) is 6.39. The number of aromatic nitrogens is 1. The third kappa shape index (κ3) is 4.93. The summed E-state index contributed by atoms with van der Waals surface area (Å²) < 4.78 is 0. The van der Waals surface area contributed by atoms with Gasteiger partial charge in [0.1, 0.15) is 0 Å². The topological polar surface area (TPSA) is 48.5 Å². The molecule has 2 saturated heterocycles. The number of rotatable bonds is 6. The largest absolute Gasteiger partial charge is 0.338 e. The minimum Gasteiger partial charge on any atom is -0.338 e. The van der Waals surface area contributed by atoms with Gasteiger partial charge in [0, 0.05) is 43.2 Å². The van der Waals surface area contributed by atoms with Gasteiger partial charge in [0.25, 0.3) is 0 Å². The van der Waals surface area contributed by atoms with Crippen molar-refractivity contribution in [3.05, 3.63) is 16.1 Å². The Hall–Kier alpha value is -1.14. The van der Waals surface area contributed by atoms with Crippen LogP contribution in [-0.2, 0) is 6.42 Å². The molecule has 2 fully saturated rings. The van der Waals surface area contributed by atoms with Crippen LogP contribution in [0, 0.1) is 6.92 Å². The van der Waals surface area contributed by atoms with Crippen molar-refractivity contribution in [1.29, 1.82) is 0 Å². The van der Waals surface area contributed by atoms with E-state index >= 15 is 0 Å². The Kier molecular flexibility index (Phi) is 6.49. The highest BCUT2D eigenvalue weighted by Gasteiger charge is 2.28.